The summed E-state index contributed by atoms with van der Waals surface area (Å²) >= 11 is 0. The Morgan fingerprint density at radius 3 is 3.00 bits per heavy atom. The van der Waals surface area contributed by atoms with Gasteiger partial charge in [0.05, 0.1) is 6.61 Å². The van der Waals surface area contributed by atoms with Crippen LogP contribution in [0.15, 0.2) is 12.7 Å². The molecule has 0 saturated carbocycles. The van der Waals surface area contributed by atoms with Gasteiger partial charge in [0.15, 0.2) is 0 Å². The third-order valence-corrected chi connectivity index (χ3v) is 1.58. The third kappa shape index (κ3) is 1.53. The highest BCUT2D eigenvalue weighted by Gasteiger charge is 2.19. The van der Waals surface area contributed by atoms with Crippen LogP contribution >= 0.6 is 0 Å². The van der Waals surface area contributed by atoms with Gasteiger partial charge in [-0.1, -0.05) is 13.5 Å². The van der Waals surface area contributed by atoms with Gasteiger partial charge in [-0.3, -0.25) is 5.32 Å². The number of hydrogen-bond donors (Lipinski definition) is 1. The van der Waals surface area contributed by atoms with Crippen LogP contribution in [0.5, 0.6) is 0 Å². The smallest absolute Gasteiger partial charge is 0.127 e. The molecule has 2 unspecified atom stereocenters. The molecule has 1 fully saturated rings. The maximum atomic E-state index is 5.28. The Hall–Kier alpha value is -0.340. The van der Waals surface area contributed by atoms with E-state index in [0.29, 0.717) is 6.04 Å². The molecule has 0 aromatic heterocycles. The van der Waals surface area contributed by atoms with Crippen molar-refractivity contribution in [2.45, 2.75) is 25.6 Å². The van der Waals surface area contributed by atoms with E-state index in [2.05, 4.69) is 18.8 Å². The van der Waals surface area contributed by atoms with Gasteiger partial charge in [0.1, 0.15) is 6.23 Å². The predicted molar refractivity (Wildman–Crippen MR) is 37.2 cm³/mol. The van der Waals surface area contributed by atoms with Crippen molar-refractivity contribution in [2.24, 2.45) is 0 Å². The molecule has 1 N–H and O–H groups in total. The molecule has 0 aliphatic carbocycles. The Morgan fingerprint density at radius 2 is 2.67 bits per heavy atom. The lowest BCUT2D eigenvalue weighted by molar-refractivity contribution is 0.136. The molecule has 0 spiro atoms. The Labute approximate surface area is 55.9 Å². The van der Waals surface area contributed by atoms with Crippen LogP contribution < -0.4 is 5.32 Å². The van der Waals surface area contributed by atoms with Gasteiger partial charge in [0.25, 0.3) is 0 Å². The molecule has 0 bridgehead atoms. The number of rotatable bonds is 2. The molecule has 0 aromatic carbocycles. The molecule has 0 radical (unpaired) electrons. The summed E-state index contributed by atoms with van der Waals surface area (Å²) in [5, 5.41) is 3.25. The summed E-state index contributed by atoms with van der Waals surface area (Å²) in [6.45, 7) is 6.60. The quantitative estimate of drug-likeness (QED) is 0.556. The summed E-state index contributed by atoms with van der Waals surface area (Å²) in [7, 11) is 0. The first-order valence-corrected chi connectivity index (χ1v) is 3.37. The first-order valence-electron chi connectivity index (χ1n) is 3.37. The molecule has 2 atom stereocenters. The standard InChI is InChI=1S/C7H13NO/c1-3-6-5-9-7(4-2)8-6/h4,6-8H,2-3,5H2,1H3. The van der Waals surface area contributed by atoms with Crippen LogP contribution in [0.25, 0.3) is 0 Å². The van der Waals surface area contributed by atoms with Gasteiger partial charge in [-0.2, -0.15) is 0 Å². The van der Waals surface area contributed by atoms with Crippen molar-refractivity contribution < 1.29 is 4.74 Å². The van der Waals surface area contributed by atoms with E-state index in [1.165, 1.54) is 0 Å². The maximum Gasteiger partial charge on any atom is 0.127 e. The Morgan fingerprint density at radius 1 is 1.89 bits per heavy atom. The van der Waals surface area contributed by atoms with Gasteiger partial charge in [-0.05, 0) is 12.5 Å². The van der Waals surface area contributed by atoms with Gasteiger partial charge in [0, 0.05) is 6.04 Å². The highest BCUT2D eigenvalue weighted by atomic mass is 16.5. The summed E-state index contributed by atoms with van der Waals surface area (Å²) in [5.74, 6) is 0. The van der Waals surface area contributed by atoms with Gasteiger partial charge >= 0.3 is 0 Å². The van der Waals surface area contributed by atoms with E-state index >= 15 is 0 Å². The highest BCUT2D eigenvalue weighted by molar-refractivity contribution is 4.85. The van der Waals surface area contributed by atoms with Crippen LogP contribution in [-0.4, -0.2) is 18.9 Å². The zero-order valence-corrected chi connectivity index (χ0v) is 5.76. The van der Waals surface area contributed by atoms with E-state index in [0.717, 1.165) is 13.0 Å². The van der Waals surface area contributed by atoms with E-state index in [1.54, 1.807) is 6.08 Å². The van der Waals surface area contributed by atoms with E-state index in [1.807, 2.05) is 0 Å². The Balaban J connectivity index is 2.28. The van der Waals surface area contributed by atoms with Crippen molar-refractivity contribution in [1.29, 1.82) is 0 Å². The molecule has 2 nitrogen and oxygen atoms in total. The number of ether oxygens (including phenoxy) is 1. The molecule has 52 valence electrons. The van der Waals surface area contributed by atoms with Gasteiger partial charge in [0.2, 0.25) is 0 Å². The number of hydrogen-bond acceptors (Lipinski definition) is 2. The van der Waals surface area contributed by atoms with Crippen LogP contribution in [0.3, 0.4) is 0 Å². The minimum atomic E-state index is 0.0925. The topological polar surface area (TPSA) is 21.3 Å². The Bertz CT molecular complexity index is 103. The molecule has 1 rings (SSSR count). The fourth-order valence-corrected chi connectivity index (χ4v) is 0.920. The van der Waals surface area contributed by atoms with Gasteiger partial charge in [-0.25, -0.2) is 0 Å². The van der Waals surface area contributed by atoms with Crippen LogP contribution in [0.2, 0.25) is 0 Å². The first-order chi connectivity index (χ1) is 4.36. The van der Waals surface area contributed by atoms with Crippen LogP contribution in [0.1, 0.15) is 13.3 Å². The highest BCUT2D eigenvalue weighted by Crippen LogP contribution is 2.05. The molecule has 1 heterocycles. The predicted octanol–water partition coefficient (Wildman–Crippen LogP) is 0.897. The van der Waals surface area contributed by atoms with Crippen molar-refractivity contribution in [3.63, 3.8) is 0 Å². The largest absolute Gasteiger partial charge is 0.358 e. The fraction of sp³-hybridized carbons (Fsp3) is 0.714. The molecule has 1 aliphatic rings. The van der Waals surface area contributed by atoms with E-state index < -0.39 is 0 Å². The minimum absolute atomic E-state index is 0.0925. The molecular formula is C7H13NO. The van der Waals surface area contributed by atoms with Gasteiger partial charge in [-0.15, -0.1) is 0 Å². The molecular weight excluding hydrogens is 114 g/mol. The summed E-state index contributed by atoms with van der Waals surface area (Å²) in [6, 6.07) is 0.535. The van der Waals surface area contributed by atoms with Crippen molar-refractivity contribution in [3.8, 4) is 0 Å². The van der Waals surface area contributed by atoms with E-state index in [-0.39, 0.29) is 6.23 Å². The van der Waals surface area contributed by atoms with E-state index in [4.69, 9.17) is 4.74 Å². The lowest BCUT2D eigenvalue weighted by Crippen LogP contribution is -2.28. The molecule has 2 heteroatoms. The minimum Gasteiger partial charge on any atom is -0.358 e. The molecule has 1 aliphatic heterocycles. The normalized spacial score (nSPS) is 34.8. The second-order valence-corrected chi connectivity index (χ2v) is 2.26. The summed E-state index contributed by atoms with van der Waals surface area (Å²) in [4.78, 5) is 0. The summed E-state index contributed by atoms with van der Waals surface area (Å²) in [6.07, 6.45) is 3.01. The van der Waals surface area contributed by atoms with Crippen LogP contribution in [0.4, 0.5) is 0 Å². The molecule has 0 amide bonds. The van der Waals surface area contributed by atoms with Crippen molar-refractivity contribution in [3.05, 3.63) is 12.7 Å². The summed E-state index contributed by atoms with van der Waals surface area (Å²) in [5.41, 5.74) is 0. The monoisotopic (exact) mass is 127 g/mol. The maximum absolute atomic E-state index is 5.28. The van der Waals surface area contributed by atoms with Crippen molar-refractivity contribution in [1.82, 2.24) is 5.32 Å². The second kappa shape index (κ2) is 2.99. The average molecular weight is 127 g/mol. The number of nitrogens with one attached hydrogen (secondary N) is 1. The zero-order chi connectivity index (χ0) is 6.69. The Kier molecular flexibility index (Phi) is 2.25. The van der Waals surface area contributed by atoms with Crippen LogP contribution in [-0.2, 0) is 4.74 Å². The SMILES string of the molecule is C=CC1NC(CC)CO1. The lowest BCUT2D eigenvalue weighted by Gasteiger charge is -2.04. The second-order valence-electron chi connectivity index (χ2n) is 2.26. The third-order valence-electron chi connectivity index (χ3n) is 1.58. The van der Waals surface area contributed by atoms with Crippen molar-refractivity contribution in [2.75, 3.05) is 6.61 Å². The van der Waals surface area contributed by atoms with Crippen LogP contribution in [0, 0.1) is 0 Å². The molecule has 0 aromatic rings. The van der Waals surface area contributed by atoms with E-state index in [9.17, 15) is 0 Å². The van der Waals surface area contributed by atoms with Gasteiger partial charge < -0.3 is 4.74 Å². The molecule has 9 heavy (non-hydrogen) atoms. The van der Waals surface area contributed by atoms with Crippen molar-refractivity contribution >= 4 is 0 Å². The fourth-order valence-electron chi connectivity index (χ4n) is 0.920. The average Bonchev–Trinajstić information content (AvgIpc) is 2.34. The first kappa shape index (κ1) is 6.78. The zero-order valence-electron chi connectivity index (χ0n) is 5.76. The summed E-state index contributed by atoms with van der Waals surface area (Å²) < 4.78 is 5.28. The molecule has 1 saturated heterocycles. The lowest BCUT2D eigenvalue weighted by atomic mass is 10.2.